The third kappa shape index (κ3) is 2.51. The number of fused-ring (bicyclic) bond motifs is 1. The largest absolute Gasteiger partial charge is 0.378 e. The van der Waals surface area contributed by atoms with Gasteiger partial charge in [-0.25, -0.2) is 0 Å². The van der Waals surface area contributed by atoms with Gasteiger partial charge in [0.1, 0.15) is 0 Å². The number of hydrogen-bond acceptors (Lipinski definition) is 3. The predicted octanol–water partition coefficient (Wildman–Crippen LogP) is 1.49. The SMILES string of the molecule is CC1C2CNCC2CN1CCCC1CCCO1. The Morgan fingerprint density at radius 2 is 2.29 bits per heavy atom. The summed E-state index contributed by atoms with van der Waals surface area (Å²) in [5, 5.41) is 3.53. The van der Waals surface area contributed by atoms with Gasteiger partial charge in [0.15, 0.2) is 0 Å². The predicted molar refractivity (Wildman–Crippen MR) is 69.1 cm³/mol. The molecule has 0 amide bonds. The summed E-state index contributed by atoms with van der Waals surface area (Å²) in [6.07, 6.45) is 5.75. The first-order valence-corrected chi connectivity index (χ1v) is 7.41. The molecule has 0 aromatic heterocycles. The second kappa shape index (κ2) is 5.25. The Morgan fingerprint density at radius 3 is 3.06 bits per heavy atom. The quantitative estimate of drug-likeness (QED) is 0.803. The first kappa shape index (κ1) is 11.9. The van der Waals surface area contributed by atoms with Crippen molar-refractivity contribution in [3.63, 3.8) is 0 Å². The Hall–Kier alpha value is -0.120. The van der Waals surface area contributed by atoms with Gasteiger partial charge in [0.05, 0.1) is 6.10 Å². The van der Waals surface area contributed by atoms with Crippen molar-refractivity contribution < 1.29 is 4.74 Å². The summed E-state index contributed by atoms with van der Waals surface area (Å²) in [6.45, 7) is 8.52. The van der Waals surface area contributed by atoms with E-state index in [2.05, 4.69) is 17.1 Å². The minimum atomic E-state index is 0.578. The van der Waals surface area contributed by atoms with E-state index in [0.29, 0.717) is 6.10 Å². The summed E-state index contributed by atoms with van der Waals surface area (Å²) in [6, 6.07) is 0.791. The zero-order valence-electron chi connectivity index (χ0n) is 11.0. The van der Waals surface area contributed by atoms with Gasteiger partial charge in [0.25, 0.3) is 0 Å². The molecule has 4 unspecified atom stereocenters. The zero-order chi connectivity index (χ0) is 11.7. The summed E-state index contributed by atoms with van der Waals surface area (Å²) in [5.41, 5.74) is 0. The van der Waals surface area contributed by atoms with Crippen molar-refractivity contribution in [2.24, 2.45) is 11.8 Å². The van der Waals surface area contributed by atoms with Gasteiger partial charge in [-0.15, -0.1) is 0 Å². The van der Waals surface area contributed by atoms with Crippen molar-refractivity contribution in [3.8, 4) is 0 Å². The molecule has 3 aliphatic heterocycles. The van der Waals surface area contributed by atoms with Crippen LogP contribution in [-0.2, 0) is 4.74 Å². The maximum atomic E-state index is 5.69. The van der Waals surface area contributed by atoms with Crippen LogP contribution in [-0.4, -0.2) is 49.8 Å². The Bertz CT molecular complexity index is 253. The van der Waals surface area contributed by atoms with Crippen molar-refractivity contribution >= 4 is 0 Å². The molecule has 0 saturated carbocycles. The molecule has 3 fully saturated rings. The Kier molecular flexibility index (Phi) is 3.69. The molecule has 3 saturated heterocycles. The van der Waals surface area contributed by atoms with Gasteiger partial charge in [0, 0.05) is 19.2 Å². The van der Waals surface area contributed by atoms with Gasteiger partial charge >= 0.3 is 0 Å². The molecule has 3 heteroatoms. The highest BCUT2D eigenvalue weighted by molar-refractivity contribution is 4.96. The lowest BCUT2D eigenvalue weighted by atomic mass is 9.95. The van der Waals surface area contributed by atoms with E-state index in [-0.39, 0.29) is 0 Å². The van der Waals surface area contributed by atoms with Crippen molar-refractivity contribution in [1.82, 2.24) is 10.2 Å². The fraction of sp³-hybridized carbons (Fsp3) is 1.00. The molecule has 4 atom stereocenters. The van der Waals surface area contributed by atoms with E-state index < -0.39 is 0 Å². The Labute approximate surface area is 105 Å². The van der Waals surface area contributed by atoms with Gasteiger partial charge in [0.2, 0.25) is 0 Å². The van der Waals surface area contributed by atoms with Crippen molar-refractivity contribution in [3.05, 3.63) is 0 Å². The number of nitrogens with zero attached hydrogens (tertiary/aromatic N) is 1. The zero-order valence-corrected chi connectivity index (χ0v) is 11.0. The van der Waals surface area contributed by atoms with E-state index in [1.807, 2.05) is 0 Å². The lowest BCUT2D eigenvalue weighted by Gasteiger charge is -2.24. The van der Waals surface area contributed by atoms with Crippen molar-refractivity contribution in [2.75, 3.05) is 32.8 Å². The van der Waals surface area contributed by atoms with Crippen LogP contribution in [0.25, 0.3) is 0 Å². The number of hydrogen-bond donors (Lipinski definition) is 1. The molecule has 3 nitrogen and oxygen atoms in total. The highest BCUT2D eigenvalue weighted by atomic mass is 16.5. The van der Waals surface area contributed by atoms with E-state index in [1.165, 1.54) is 51.9 Å². The van der Waals surface area contributed by atoms with Gasteiger partial charge in [-0.2, -0.15) is 0 Å². The Balaban J connectivity index is 1.40. The van der Waals surface area contributed by atoms with Crippen LogP contribution in [0.15, 0.2) is 0 Å². The van der Waals surface area contributed by atoms with Crippen molar-refractivity contribution in [2.45, 2.75) is 44.8 Å². The third-order valence-corrected chi connectivity index (χ3v) is 5.05. The number of ether oxygens (including phenoxy) is 1. The fourth-order valence-electron chi connectivity index (χ4n) is 3.95. The summed E-state index contributed by atoms with van der Waals surface area (Å²) in [4.78, 5) is 2.71. The van der Waals surface area contributed by atoms with Crippen LogP contribution < -0.4 is 5.32 Å². The summed E-state index contributed by atoms with van der Waals surface area (Å²) < 4.78 is 5.69. The lowest BCUT2D eigenvalue weighted by Crippen LogP contribution is -2.34. The van der Waals surface area contributed by atoms with Gasteiger partial charge in [-0.3, -0.25) is 4.90 Å². The maximum absolute atomic E-state index is 5.69. The average molecular weight is 238 g/mol. The average Bonchev–Trinajstić information content (AvgIpc) is 3.00. The van der Waals surface area contributed by atoms with Crippen LogP contribution in [0.5, 0.6) is 0 Å². The lowest BCUT2D eigenvalue weighted by molar-refractivity contribution is 0.0977. The third-order valence-electron chi connectivity index (χ3n) is 5.05. The molecule has 0 bridgehead atoms. The molecular weight excluding hydrogens is 212 g/mol. The molecule has 0 aliphatic carbocycles. The van der Waals surface area contributed by atoms with E-state index in [4.69, 9.17) is 4.74 Å². The van der Waals surface area contributed by atoms with Crippen LogP contribution in [0.1, 0.15) is 32.6 Å². The van der Waals surface area contributed by atoms with E-state index >= 15 is 0 Å². The smallest absolute Gasteiger partial charge is 0.0576 e. The van der Waals surface area contributed by atoms with E-state index in [9.17, 15) is 0 Å². The Morgan fingerprint density at radius 1 is 1.35 bits per heavy atom. The molecular formula is C14H26N2O. The van der Waals surface area contributed by atoms with Gasteiger partial charge in [-0.1, -0.05) is 0 Å². The van der Waals surface area contributed by atoms with Crippen LogP contribution in [0.3, 0.4) is 0 Å². The van der Waals surface area contributed by atoms with Gasteiger partial charge < -0.3 is 10.1 Å². The first-order chi connectivity index (χ1) is 8.34. The molecule has 98 valence electrons. The van der Waals surface area contributed by atoms with Crippen LogP contribution >= 0.6 is 0 Å². The van der Waals surface area contributed by atoms with Crippen LogP contribution in [0.2, 0.25) is 0 Å². The molecule has 3 heterocycles. The summed E-state index contributed by atoms with van der Waals surface area (Å²) >= 11 is 0. The molecule has 0 aromatic carbocycles. The topological polar surface area (TPSA) is 24.5 Å². The van der Waals surface area contributed by atoms with Crippen molar-refractivity contribution in [1.29, 1.82) is 0 Å². The van der Waals surface area contributed by atoms with Gasteiger partial charge in [-0.05, 0) is 64.1 Å². The highest BCUT2D eigenvalue weighted by Crippen LogP contribution is 2.32. The molecule has 0 radical (unpaired) electrons. The summed E-state index contributed by atoms with van der Waals surface area (Å²) in [7, 11) is 0. The monoisotopic (exact) mass is 238 g/mol. The number of likely N-dealkylation sites (tertiary alicyclic amines) is 1. The van der Waals surface area contributed by atoms with E-state index in [0.717, 1.165) is 24.5 Å². The van der Waals surface area contributed by atoms with E-state index in [1.54, 1.807) is 0 Å². The maximum Gasteiger partial charge on any atom is 0.0576 e. The molecule has 3 rings (SSSR count). The fourth-order valence-corrected chi connectivity index (χ4v) is 3.95. The second-order valence-corrected chi connectivity index (χ2v) is 6.09. The molecule has 17 heavy (non-hydrogen) atoms. The van der Waals surface area contributed by atoms with Crippen LogP contribution in [0.4, 0.5) is 0 Å². The minimum Gasteiger partial charge on any atom is -0.378 e. The standard InChI is InChI=1S/C14H26N2O/c1-11-14-9-15-8-12(14)10-16(11)6-2-4-13-5-3-7-17-13/h11-15H,2-10H2,1H3. The number of nitrogens with one attached hydrogen (secondary N) is 1. The number of rotatable bonds is 4. The molecule has 3 aliphatic rings. The van der Waals surface area contributed by atoms with Crippen LogP contribution in [0, 0.1) is 11.8 Å². The normalized spacial score (nSPS) is 42.2. The highest BCUT2D eigenvalue weighted by Gasteiger charge is 2.41. The molecule has 0 aromatic rings. The second-order valence-electron chi connectivity index (χ2n) is 6.09. The molecule has 1 N–H and O–H groups in total. The summed E-state index contributed by atoms with van der Waals surface area (Å²) in [5.74, 6) is 1.84. The molecule has 0 spiro atoms. The first-order valence-electron chi connectivity index (χ1n) is 7.41. The minimum absolute atomic E-state index is 0.578.